The van der Waals surface area contributed by atoms with Gasteiger partial charge in [-0.2, -0.15) is 10.2 Å². The molecule has 31 heavy (non-hydrogen) atoms. The van der Waals surface area contributed by atoms with Gasteiger partial charge in [-0.25, -0.2) is 14.3 Å². The Bertz CT molecular complexity index is 1180. The van der Waals surface area contributed by atoms with Gasteiger partial charge in [-0.05, 0) is 48.3 Å². The summed E-state index contributed by atoms with van der Waals surface area (Å²) in [5.41, 5.74) is 2.41. The van der Waals surface area contributed by atoms with Crippen LogP contribution >= 0.6 is 27.3 Å². The van der Waals surface area contributed by atoms with Crippen molar-refractivity contribution in [3.05, 3.63) is 49.8 Å². The zero-order valence-corrected chi connectivity index (χ0v) is 19.9. The van der Waals surface area contributed by atoms with E-state index in [0.717, 1.165) is 27.2 Å². The van der Waals surface area contributed by atoms with Crippen LogP contribution in [-0.2, 0) is 16.1 Å². The van der Waals surface area contributed by atoms with Gasteiger partial charge in [-0.1, -0.05) is 0 Å². The third-order valence-corrected chi connectivity index (χ3v) is 6.91. The van der Waals surface area contributed by atoms with E-state index in [1.54, 1.807) is 28.6 Å². The first-order chi connectivity index (χ1) is 14.7. The van der Waals surface area contributed by atoms with Gasteiger partial charge in [0, 0.05) is 6.20 Å². The van der Waals surface area contributed by atoms with Crippen molar-refractivity contribution < 1.29 is 23.9 Å². The minimum atomic E-state index is -0.667. The summed E-state index contributed by atoms with van der Waals surface area (Å²) < 4.78 is 13.8. The molecule has 3 aromatic rings. The molecule has 0 aliphatic carbocycles. The smallest absolute Gasteiger partial charge is 0.348 e. The van der Waals surface area contributed by atoms with E-state index in [1.807, 2.05) is 13.8 Å². The summed E-state index contributed by atoms with van der Waals surface area (Å²) in [7, 11) is 2.47. The Morgan fingerprint density at radius 3 is 2.39 bits per heavy atom. The lowest BCUT2D eigenvalue weighted by atomic mass is 10.1. The molecule has 0 aliphatic rings. The van der Waals surface area contributed by atoms with E-state index in [1.165, 1.54) is 14.2 Å². The summed E-state index contributed by atoms with van der Waals surface area (Å²) in [6.07, 6.45) is 1.65. The van der Waals surface area contributed by atoms with Crippen LogP contribution in [0.3, 0.4) is 0 Å². The van der Waals surface area contributed by atoms with Crippen molar-refractivity contribution in [1.29, 1.82) is 0 Å². The zero-order valence-electron chi connectivity index (χ0n) is 17.5. The molecule has 1 amide bonds. The molecule has 0 saturated carbocycles. The first-order valence-electron chi connectivity index (χ1n) is 9.02. The van der Waals surface area contributed by atoms with Gasteiger partial charge in [-0.15, -0.1) is 11.3 Å². The van der Waals surface area contributed by atoms with Crippen LogP contribution < -0.4 is 5.32 Å². The number of carbonyl (C=O) groups is 3. The molecule has 0 unspecified atom stereocenters. The van der Waals surface area contributed by atoms with Gasteiger partial charge in [0.25, 0.3) is 5.91 Å². The molecule has 0 aliphatic heterocycles. The van der Waals surface area contributed by atoms with Gasteiger partial charge in [-0.3, -0.25) is 9.48 Å². The van der Waals surface area contributed by atoms with Crippen LogP contribution in [-0.4, -0.2) is 51.6 Å². The van der Waals surface area contributed by atoms with Gasteiger partial charge in [0.15, 0.2) is 5.69 Å². The van der Waals surface area contributed by atoms with Gasteiger partial charge >= 0.3 is 11.9 Å². The highest BCUT2D eigenvalue weighted by Gasteiger charge is 2.27. The number of amides is 1. The predicted molar refractivity (Wildman–Crippen MR) is 117 cm³/mol. The average Bonchev–Trinajstić information content (AvgIpc) is 3.41. The van der Waals surface area contributed by atoms with Gasteiger partial charge < -0.3 is 14.8 Å². The molecule has 0 saturated heterocycles. The van der Waals surface area contributed by atoms with Crippen molar-refractivity contribution >= 4 is 50.1 Å². The third-order valence-electron chi connectivity index (χ3n) is 4.58. The van der Waals surface area contributed by atoms with E-state index < -0.39 is 17.8 Å². The standard InChI is InChI=1S/C19H20BrN5O5S/c1-9-13(18(27)29-4)17(31-15(9)19(28)30-5)21-16(26)12-6-7-24(23-12)8-25-11(3)14(20)10(2)22-25/h6-7H,8H2,1-5H3,(H,21,26). The fraction of sp³-hybridized carbons (Fsp3) is 0.316. The second kappa shape index (κ2) is 9.02. The fourth-order valence-corrected chi connectivity index (χ4v) is 4.31. The number of hydrogen-bond donors (Lipinski definition) is 1. The molecular weight excluding hydrogens is 490 g/mol. The van der Waals surface area contributed by atoms with Crippen molar-refractivity contribution in [2.24, 2.45) is 0 Å². The van der Waals surface area contributed by atoms with Gasteiger partial charge in [0.1, 0.15) is 16.5 Å². The van der Waals surface area contributed by atoms with Crippen LogP contribution in [0.15, 0.2) is 16.7 Å². The average molecular weight is 510 g/mol. The molecule has 0 atom stereocenters. The lowest BCUT2D eigenvalue weighted by Crippen LogP contribution is -2.16. The largest absolute Gasteiger partial charge is 0.465 e. The molecule has 0 fully saturated rings. The number of rotatable bonds is 6. The molecule has 0 aromatic carbocycles. The van der Waals surface area contributed by atoms with Crippen LogP contribution in [0, 0.1) is 20.8 Å². The molecule has 1 N–H and O–H groups in total. The fourth-order valence-electron chi connectivity index (χ4n) is 2.92. The summed E-state index contributed by atoms with van der Waals surface area (Å²) in [5, 5.41) is 11.5. The minimum Gasteiger partial charge on any atom is -0.465 e. The molecule has 164 valence electrons. The summed E-state index contributed by atoms with van der Waals surface area (Å²) in [4.78, 5) is 37.2. The Morgan fingerprint density at radius 1 is 1.13 bits per heavy atom. The number of esters is 2. The topological polar surface area (TPSA) is 117 Å². The molecule has 12 heteroatoms. The number of carbonyl (C=O) groups excluding carboxylic acids is 3. The third kappa shape index (κ3) is 4.39. The molecule has 0 spiro atoms. The van der Waals surface area contributed by atoms with Crippen LogP contribution in [0.2, 0.25) is 0 Å². The number of ether oxygens (including phenoxy) is 2. The number of aryl methyl sites for hydroxylation is 1. The maximum atomic E-state index is 12.7. The highest BCUT2D eigenvalue weighted by Crippen LogP contribution is 2.34. The van der Waals surface area contributed by atoms with Gasteiger partial charge in [0.05, 0.1) is 35.6 Å². The molecular formula is C19H20BrN5O5S. The normalized spacial score (nSPS) is 10.8. The van der Waals surface area contributed by atoms with E-state index in [-0.39, 0.29) is 21.1 Å². The van der Waals surface area contributed by atoms with Crippen LogP contribution in [0.4, 0.5) is 5.00 Å². The zero-order chi connectivity index (χ0) is 22.9. The molecule has 3 rings (SSSR count). The number of hydrogen-bond acceptors (Lipinski definition) is 8. The van der Waals surface area contributed by atoms with Crippen molar-refractivity contribution in [2.45, 2.75) is 27.4 Å². The Balaban J connectivity index is 1.84. The SMILES string of the molecule is COC(=O)c1sc(NC(=O)c2ccn(Cn3nc(C)c(Br)c3C)n2)c(C(=O)OC)c1C. The van der Waals surface area contributed by atoms with Gasteiger partial charge in [0.2, 0.25) is 0 Å². The first kappa shape index (κ1) is 22.7. The second-order valence-corrected chi connectivity index (χ2v) is 8.38. The van der Waals surface area contributed by atoms with E-state index in [2.05, 4.69) is 31.4 Å². The number of anilines is 1. The molecule has 0 radical (unpaired) electrons. The van der Waals surface area contributed by atoms with Crippen LogP contribution in [0.25, 0.3) is 0 Å². The highest BCUT2D eigenvalue weighted by molar-refractivity contribution is 9.10. The molecule has 3 heterocycles. The maximum Gasteiger partial charge on any atom is 0.348 e. The quantitative estimate of drug-likeness (QED) is 0.507. The molecule has 3 aromatic heterocycles. The number of nitrogens with zero attached hydrogens (tertiary/aromatic N) is 4. The van der Waals surface area contributed by atoms with Crippen LogP contribution in [0.5, 0.6) is 0 Å². The lowest BCUT2D eigenvalue weighted by Gasteiger charge is -2.06. The maximum absolute atomic E-state index is 12.7. The van der Waals surface area contributed by atoms with Crippen molar-refractivity contribution in [1.82, 2.24) is 19.6 Å². The Labute approximate surface area is 190 Å². The monoisotopic (exact) mass is 509 g/mol. The van der Waals surface area contributed by atoms with E-state index in [4.69, 9.17) is 9.47 Å². The highest BCUT2D eigenvalue weighted by atomic mass is 79.9. The minimum absolute atomic E-state index is 0.105. The number of nitrogens with one attached hydrogen (secondary N) is 1. The summed E-state index contributed by atoms with van der Waals surface area (Å²) in [6.45, 7) is 5.73. The molecule has 10 nitrogen and oxygen atoms in total. The summed E-state index contributed by atoms with van der Waals surface area (Å²) >= 11 is 4.42. The second-order valence-electron chi connectivity index (χ2n) is 6.56. The van der Waals surface area contributed by atoms with Crippen molar-refractivity contribution in [3.63, 3.8) is 0 Å². The Kier molecular flexibility index (Phi) is 6.60. The summed E-state index contributed by atoms with van der Waals surface area (Å²) in [5.74, 6) is -1.80. The number of halogens is 1. The summed E-state index contributed by atoms with van der Waals surface area (Å²) in [6, 6.07) is 1.55. The first-order valence-corrected chi connectivity index (χ1v) is 10.6. The van der Waals surface area contributed by atoms with Crippen molar-refractivity contribution in [2.75, 3.05) is 19.5 Å². The van der Waals surface area contributed by atoms with E-state index >= 15 is 0 Å². The lowest BCUT2D eigenvalue weighted by molar-refractivity contribution is 0.0601. The van der Waals surface area contributed by atoms with E-state index in [0.29, 0.717) is 12.2 Å². The number of methoxy groups -OCH3 is 2. The predicted octanol–water partition coefficient (Wildman–Crippen LogP) is 3.16. The van der Waals surface area contributed by atoms with Crippen LogP contribution in [0.1, 0.15) is 47.5 Å². The number of thiophene rings is 1. The Morgan fingerprint density at radius 2 is 1.81 bits per heavy atom. The van der Waals surface area contributed by atoms with Crippen molar-refractivity contribution in [3.8, 4) is 0 Å². The van der Waals surface area contributed by atoms with E-state index in [9.17, 15) is 14.4 Å². The number of aromatic nitrogens is 4. The molecule has 0 bridgehead atoms. The Hall–Kier alpha value is -2.99.